The second kappa shape index (κ2) is 6.62. The summed E-state index contributed by atoms with van der Waals surface area (Å²) in [6, 6.07) is 6.18. The molecule has 3 rings (SSSR count). The number of carboxylic acids is 1. The second-order valence-electron chi connectivity index (χ2n) is 9.97. The maximum atomic E-state index is 13.0. The Kier molecular flexibility index (Phi) is 4.87. The average molecular weight is 373 g/mol. The standard InChI is InChI=1S/C22H31NO4/c1-21(2,3)12-9-13(22(4,5)6)11-14(10-12)23-19(24)17-15-7-8-16(27-15)18(17)20(25)26/h9-11,15-18H,7-8H2,1-6H3,(H,23,24)(H,25,26)/t15-,16+,17?,18?/m1/s1. The molecular formula is C22H31NO4. The first kappa shape index (κ1) is 19.9. The molecule has 2 bridgehead atoms. The minimum atomic E-state index is -0.943. The molecule has 1 aromatic carbocycles. The van der Waals surface area contributed by atoms with Gasteiger partial charge in [0.25, 0.3) is 0 Å². The van der Waals surface area contributed by atoms with Gasteiger partial charge in [-0.3, -0.25) is 9.59 Å². The van der Waals surface area contributed by atoms with Gasteiger partial charge in [0.15, 0.2) is 0 Å². The number of hydrogen-bond donors (Lipinski definition) is 2. The van der Waals surface area contributed by atoms with E-state index in [1.165, 1.54) is 0 Å². The average Bonchev–Trinajstić information content (AvgIpc) is 3.13. The molecule has 0 aromatic heterocycles. The summed E-state index contributed by atoms with van der Waals surface area (Å²) in [6.07, 6.45) is 0.847. The quantitative estimate of drug-likeness (QED) is 0.836. The van der Waals surface area contributed by atoms with Gasteiger partial charge in [-0.15, -0.1) is 0 Å². The molecule has 2 aliphatic heterocycles. The predicted octanol–water partition coefficient (Wildman–Crippen LogP) is 4.10. The number of ether oxygens (including phenoxy) is 1. The number of carboxylic acid groups (broad SMARTS) is 1. The van der Waals surface area contributed by atoms with Crippen LogP contribution >= 0.6 is 0 Å². The Hall–Kier alpha value is -1.88. The molecule has 2 unspecified atom stereocenters. The largest absolute Gasteiger partial charge is 0.481 e. The van der Waals surface area contributed by atoms with Crippen molar-refractivity contribution in [2.45, 2.75) is 77.4 Å². The zero-order chi connectivity index (χ0) is 20.1. The molecule has 148 valence electrons. The lowest BCUT2D eigenvalue weighted by molar-refractivity contribution is -0.147. The first-order valence-electron chi connectivity index (χ1n) is 9.73. The van der Waals surface area contributed by atoms with E-state index in [4.69, 9.17) is 4.74 Å². The number of fused-ring (bicyclic) bond motifs is 2. The Labute approximate surface area is 161 Å². The molecule has 0 radical (unpaired) electrons. The number of aliphatic carboxylic acids is 1. The number of carbonyl (C=O) groups excluding carboxylic acids is 1. The molecule has 1 amide bonds. The van der Waals surface area contributed by atoms with E-state index in [-0.39, 0.29) is 28.9 Å². The van der Waals surface area contributed by atoms with E-state index >= 15 is 0 Å². The fourth-order valence-corrected chi connectivity index (χ4v) is 4.12. The highest BCUT2D eigenvalue weighted by Crippen LogP contribution is 2.44. The number of carbonyl (C=O) groups is 2. The fourth-order valence-electron chi connectivity index (χ4n) is 4.12. The topological polar surface area (TPSA) is 75.6 Å². The monoisotopic (exact) mass is 373 g/mol. The molecule has 27 heavy (non-hydrogen) atoms. The Morgan fingerprint density at radius 3 is 1.85 bits per heavy atom. The van der Waals surface area contributed by atoms with Crippen LogP contribution in [0.1, 0.15) is 65.5 Å². The molecule has 0 saturated carbocycles. The molecule has 2 heterocycles. The summed E-state index contributed by atoms with van der Waals surface area (Å²) < 4.78 is 5.73. The van der Waals surface area contributed by atoms with Crippen molar-refractivity contribution in [3.8, 4) is 0 Å². The summed E-state index contributed by atoms with van der Waals surface area (Å²) in [6.45, 7) is 12.9. The Morgan fingerprint density at radius 1 is 0.926 bits per heavy atom. The van der Waals surface area contributed by atoms with E-state index in [0.717, 1.165) is 29.7 Å². The molecule has 1 aromatic rings. The van der Waals surface area contributed by atoms with Crippen molar-refractivity contribution in [3.05, 3.63) is 29.3 Å². The summed E-state index contributed by atoms with van der Waals surface area (Å²) in [5.41, 5.74) is 2.90. The molecular weight excluding hydrogens is 342 g/mol. The van der Waals surface area contributed by atoms with E-state index in [1.54, 1.807) is 0 Å². The van der Waals surface area contributed by atoms with Crippen molar-refractivity contribution < 1.29 is 19.4 Å². The van der Waals surface area contributed by atoms with Gasteiger partial charge < -0.3 is 15.2 Å². The number of anilines is 1. The van der Waals surface area contributed by atoms with Crippen LogP contribution in [0.15, 0.2) is 18.2 Å². The van der Waals surface area contributed by atoms with Gasteiger partial charge in [0.05, 0.1) is 24.0 Å². The number of rotatable bonds is 3. The van der Waals surface area contributed by atoms with Crippen molar-refractivity contribution >= 4 is 17.6 Å². The zero-order valence-electron chi connectivity index (χ0n) is 17.1. The van der Waals surface area contributed by atoms with Gasteiger partial charge in [-0.25, -0.2) is 0 Å². The van der Waals surface area contributed by atoms with Gasteiger partial charge in [-0.1, -0.05) is 47.6 Å². The van der Waals surface area contributed by atoms with Crippen LogP contribution in [-0.4, -0.2) is 29.2 Å². The fraction of sp³-hybridized carbons (Fsp3) is 0.636. The number of nitrogens with one attached hydrogen (secondary N) is 1. The number of benzene rings is 1. The van der Waals surface area contributed by atoms with E-state index in [1.807, 2.05) is 12.1 Å². The Balaban J connectivity index is 1.90. The third-order valence-electron chi connectivity index (χ3n) is 5.79. The van der Waals surface area contributed by atoms with E-state index in [2.05, 4.69) is 52.9 Å². The van der Waals surface area contributed by atoms with Crippen molar-refractivity contribution in [2.75, 3.05) is 5.32 Å². The van der Waals surface area contributed by atoms with Crippen LogP contribution in [0.4, 0.5) is 5.69 Å². The molecule has 2 fully saturated rings. The van der Waals surface area contributed by atoms with Crippen LogP contribution < -0.4 is 5.32 Å². The highest BCUT2D eigenvalue weighted by atomic mass is 16.5. The minimum absolute atomic E-state index is 0.0557. The zero-order valence-corrected chi connectivity index (χ0v) is 17.1. The van der Waals surface area contributed by atoms with Crippen molar-refractivity contribution in [1.29, 1.82) is 0 Å². The normalized spacial score (nSPS) is 27.6. The molecule has 2 saturated heterocycles. The van der Waals surface area contributed by atoms with Gasteiger partial charge in [-0.2, -0.15) is 0 Å². The summed E-state index contributed by atoms with van der Waals surface area (Å²) in [5.74, 6) is -2.57. The molecule has 2 aliphatic rings. The third-order valence-corrected chi connectivity index (χ3v) is 5.79. The SMILES string of the molecule is CC(C)(C)c1cc(NC(=O)C2C(C(=O)O)[C@@H]3CC[C@H]2O3)cc(C(C)(C)C)c1. The number of amides is 1. The summed E-state index contributed by atoms with van der Waals surface area (Å²) >= 11 is 0. The first-order chi connectivity index (χ1) is 12.4. The highest BCUT2D eigenvalue weighted by Gasteiger charge is 2.55. The first-order valence-corrected chi connectivity index (χ1v) is 9.73. The minimum Gasteiger partial charge on any atom is -0.481 e. The van der Waals surface area contributed by atoms with E-state index in [9.17, 15) is 14.7 Å². The van der Waals surface area contributed by atoms with Gasteiger partial charge >= 0.3 is 5.97 Å². The van der Waals surface area contributed by atoms with Gasteiger partial charge in [0, 0.05) is 5.69 Å². The second-order valence-corrected chi connectivity index (χ2v) is 9.97. The van der Waals surface area contributed by atoms with Crippen LogP contribution in [0.5, 0.6) is 0 Å². The van der Waals surface area contributed by atoms with Crippen LogP contribution in [0.3, 0.4) is 0 Å². The van der Waals surface area contributed by atoms with Crippen molar-refractivity contribution in [1.82, 2.24) is 0 Å². The van der Waals surface area contributed by atoms with Gasteiger partial charge in [0.1, 0.15) is 0 Å². The highest BCUT2D eigenvalue weighted by molar-refractivity contribution is 5.96. The summed E-state index contributed by atoms with van der Waals surface area (Å²) in [7, 11) is 0. The lowest BCUT2D eigenvalue weighted by Crippen LogP contribution is -2.41. The molecule has 0 aliphatic carbocycles. The molecule has 5 nitrogen and oxygen atoms in total. The smallest absolute Gasteiger partial charge is 0.310 e. The summed E-state index contributed by atoms with van der Waals surface area (Å²) in [5, 5.41) is 12.6. The lowest BCUT2D eigenvalue weighted by atomic mass is 9.78. The van der Waals surface area contributed by atoms with Gasteiger partial charge in [-0.05, 0) is 46.9 Å². The Bertz CT molecular complexity index is 724. The van der Waals surface area contributed by atoms with Crippen molar-refractivity contribution in [3.63, 3.8) is 0 Å². The molecule has 2 N–H and O–H groups in total. The number of hydrogen-bond acceptors (Lipinski definition) is 3. The van der Waals surface area contributed by atoms with E-state index < -0.39 is 17.8 Å². The van der Waals surface area contributed by atoms with Crippen molar-refractivity contribution in [2.24, 2.45) is 11.8 Å². The van der Waals surface area contributed by atoms with Crippen LogP contribution in [-0.2, 0) is 25.2 Å². The van der Waals surface area contributed by atoms with E-state index in [0.29, 0.717) is 0 Å². The predicted molar refractivity (Wildman–Crippen MR) is 105 cm³/mol. The van der Waals surface area contributed by atoms with Crippen LogP contribution in [0, 0.1) is 11.8 Å². The van der Waals surface area contributed by atoms with Gasteiger partial charge in [0.2, 0.25) is 5.91 Å². The maximum absolute atomic E-state index is 13.0. The van der Waals surface area contributed by atoms with Crippen LogP contribution in [0.2, 0.25) is 0 Å². The molecule has 4 atom stereocenters. The Morgan fingerprint density at radius 2 is 1.41 bits per heavy atom. The summed E-state index contributed by atoms with van der Waals surface area (Å²) in [4.78, 5) is 24.7. The molecule has 0 spiro atoms. The maximum Gasteiger partial charge on any atom is 0.310 e. The molecule has 5 heteroatoms. The van der Waals surface area contributed by atoms with Crippen LogP contribution in [0.25, 0.3) is 0 Å². The third kappa shape index (κ3) is 3.88. The lowest BCUT2D eigenvalue weighted by Gasteiger charge is -2.27.